The molecule has 0 spiro atoms. The van der Waals surface area contributed by atoms with Crippen LogP contribution in [0.25, 0.3) is 0 Å². The zero-order valence-corrected chi connectivity index (χ0v) is 13.5. The average Bonchev–Trinajstić information content (AvgIpc) is 2.94. The Labute approximate surface area is 131 Å². The number of benzene rings is 1. The van der Waals surface area contributed by atoms with Crippen LogP contribution >= 0.6 is 0 Å². The molecule has 2 N–H and O–H groups in total. The molecular weight excluding hydrogens is 276 g/mol. The van der Waals surface area contributed by atoms with Gasteiger partial charge in [0.15, 0.2) is 0 Å². The van der Waals surface area contributed by atoms with Crippen molar-refractivity contribution < 1.29 is 5.11 Å². The molecule has 3 rings (SSSR count). The van der Waals surface area contributed by atoms with Gasteiger partial charge in [-0.2, -0.15) is 0 Å². The minimum atomic E-state index is -0.222. The summed E-state index contributed by atoms with van der Waals surface area (Å²) >= 11 is 0. The number of rotatable bonds is 3. The van der Waals surface area contributed by atoms with Gasteiger partial charge in [0, 0.05) is 24.7 Å². The van der Waals surface area contributed by atoms with Gasteiger partial charge in [-0.05, 0) is 32.3 Å². The average molecular weight is 300 g/mol. The van der Waals surface area contributed by atoms with Crippen molar-refractivity contribution in [3.63, 3.8) is 0 Å². The molecule has 0 aliphatic carbocycles. The van der Waals surface area contributed by atoms with Crippen molar-refractivity contribution >= 4 is 0 Å². The van der Waals surface area contributed by atoms with Gasteiger partial charge in [0.1, 0.15) is 0 Å². The van der Waals surface area contributed by atoms with Crippen LogP contribution in [-0.2, 0) is 12.5 Å². The van der Waals surface area contributed by atoms with Crippen LogP contribution in [0.3, 0.4) is 0 Å². The van der Waals surface area contributed by atoms with Gasteiger partial charge in [0.2, 0.25) is 0 Å². The lowest BCUT2D eigenvalue weighted by atomic mass is 9.69. The lowest BCUT2D eigenvalue weighted by Gasteiger charge is -2.43. The van der Waals surface area contributed by atoms with Crippen LogP contribution in [0.15, 0.2) is 30.5 Å². The van der Waals surface area contributed by atoms with Gasteiger partial charge in [-0.1, -0.05) is 35.0 Å². The van der Waals surface area contributed by atoms with E-state index in [1.54, 1.807) is 4.68 Å². The first-order valence-corrected chi connectivity index (χ1v) is 7.83. The first-order chi connectivity index (χ1) is 10.5. The quantitative estimate of drug-likeness (QED) is 0.908. The number of nitrogens with one attached hydrogen (secondary N) is 1. The number of hydrogen-bond donors (Lipinski definition) is 2. The maximum atomic E-state index is 10.2. The SMILES string of the molecule is Cc1ccc([C@@]2(CO)C[C@@H](c3cn(C)nn3)N[C@@H](C)C2)cc1. The monoisotopic (exact) mass is 300 g/mol. The number of aryl methyl sites for hydroxylation is 2. The summed E-state index contributed by atoms with van der Waals surface area (Å²) in [6.07, 6.45) is 3.70. The minimum absolute atomic E-state index is 0.117. The van der Waals surface area contributed by atoms with E-state index in [1.807, 2.05) is 13.2 Å². The standard InChI is InChI=1S/C17H24N4O/c1-12-4-6-14(7-5-12)17(11-22)8-13(2)18-15(9-17)16-10-21(3)20-19-16/h4-7,10,13,15,18,22H,8-9,11H2,1-3H3/t13-,15-,17+/m0/s1. The molecule has 0 bridgehead atoms. The van der Waals surface area contributed by atoms with E-state index in [-0.39, 0.29) is 18.1 Å². The first-order valence-electron chi connectivity index (χ1n) is 7.83. The van der Waals surface area contributed by atoms with Crippen molar-refractivity contribution in [3.05, 3.63) is 47.3 Å². The highest BCUT2D eigenvalue weighted by Gasteiger charge is 2.41. The molecule has 2 aromatic rings. The van der Waals surface area contributed by atoms with Gasteiger partial charge in [-0.25, -0.2) is 0 Å². The van der Waals surface area contributed by atoms with Crippen LogP contribution in [-0.4, -0.2) is 32.7 Å². The summed E-state index contributed by atoms with van der Waals surface area (Å²) in [6, 6.07) is 8.97. The summed E-state index contributed by atoms with van der Waals surface area (Å²) in [5.41, 5.74) is 3.17. The Balaban J connectivity index is 1.94. The van der Waals surface area contributed by atoms with Crippen molar-refractivity contribution in [2.75, 3.05) is 6.61 Å². The summed E-state index contributed by atoms with van der Waals surface area (Å²) in [5, 5.41) is 22.1. The second-order valence-electron chi connectivity index (χ2n) is 6.65. The Morgan fingerprint density at radius 2 is 2.05 bits per heavy atom. The molecule has 1 aromatic heterocycles. The zero-order valence-electron chi connectivity index (χ0n) is 13.5. The Morgan fingerprint density at radius 3 is 2.64 bits per heavy atom. The van der Waals surface area contributed by atoms with E-state index >= 15 is 0 Å². The maximum absolute atomic E-state index is 10.2. The number of aliphatic hydroxyl groups excluding tert-OH is 1. The minimum Gasteiger partial charge on any atom is -0.395 e. The van der Waals surface area contributed by atoms with E-state index in [0.29, 0.717) is 6.04 Å². The summed E-state index contributed by atoms with van der Waals surface area (Å²) < 4.78 is 1.72. The smallest absolute Gasteiger partial charge is 0.0996 e. The summed E-state index contributed by atoms with van der Waals surface area (Å²) in [7, 11) is 1.88. The van der Waals surface area contributed by atoms with Gasteiger partial charge in [0.25, 0.3) is 0 Å². The van der Waals surface area contributed by atoms with Gasteiger partial charge >= 0.3 is 0 Å². The second kappa shape index (κ2) is 5.82. The molecule has 1 saturated heterocycles. The Morgan fingerprint density at radius 1 is 1.32 bits per heavy atom. The number of hydrogen-bond acceptors (Lipinski definition) is 4. The molecule has 118 valence electrons. The molecule has 3 atom stereocenters. The Kier molecular flexibility index (Phi) is 4.02. The van der Waals surface area contributed by atoms with E-state index in [4.69, 9.17) is 0 Å². The molecule has 1 aliphatic heterocycles. The number of piperidine rings is 1. The van der Waals surface area contributed by atoms with Gasteiger partial charge in [-0.3, -0.25) is 4.68 Å². The second-order valence-corrected chi connectivity index (χ2v) is 6.65. The molecule has 0 unspecified atom stereocenters. The number of nitrogens with zero attached hydrogens (tertiary/aromatic N) is 3. The van der Waals surface area contributed by atoms with E-state index in [0.717, 1.165) is 18.5 Å². The van der Waals surface area contributed by atoms with Crippen LogP contribution in [0.4, 0.5) is 0 Å². The van der Waals surface area contributed by atoms with Crippen LogP contribution in [0, 0.1) is 6.92 Å². The lowest BCUT2D eigenvalue weighted by Crippen LogP contribution is -2.48. The molecular formula is C17H24N4O. The molecule has 0 amide bonds. The molecule has 5 nitrogen and oxygen atoms in total. The third-order valence-corrected chi connectivity index (χ3v) is 4.72. The topological polar surface area (TPSA) is 63.0 Å². The van der Waals surface area contributed by atoms with Crippen molar-refractivity contribution in [3.8, 4) is 0 Å². The predicted molar refractivity (Wildman–Crippen MR) is 85.5 cm³/mol. The van der Waals surface area contributed by atoms with E-state index in [1.165, 1.54) is 11.1 Å². The highest BCUT2D eigenvalue weighted by molar-refractivity contribution is 5.31. The molecule has 0 saturated carbocycles. The van der Waals surface area contributed by atoms with Crippen LogP contribution in [0.1, 0.15) is 42.6 Å². The molecule has 5 heteroatoms. The summed E-state index contributed by atoms with van der Waals surface area (Å²) in [5.74, 6) is 0. The third-order valence-electron chi connectivity index (χ3n) is 4.72. The molecule has 1 aliphatic rings. The fourth-order valence-corrected chi connectivity index (χ4v) is 3.60. The zero-order chi connectivity index (χ0) is 15.7. The molecule has 2 heterocycles. The van der Waals surface area contributed by atoms with Crippen molar-refractivity contribution in [1.82, 2.24) is 20.3 Å². The van der Waals surface area contributed by atoms with Crippen LogP contribution < -0.4 is 5.32 Å². The molecule has 0 radical (unpaired) electrons. The summed E-state index contributed by atoms with van der Waals surface area (Å²) in [6.45, 7) is 4.41. The largest absolute Gasteiger partial charge is 0.395 e. The predicted octanol–water partition coefficient (Wildman–Crippen LogP) is 1.87. The molecule has 1 aromatic carbocycles. The highest BCUT2D eigenvalue weighted by Crippen LogP contribution is 2.41. The first kappa shape index (κ1) is 15.2. The fraction of sp³-hybridized carbons (Fsp3) is 0.529. The lowest BCUT2D eigenvalue weighted by molar-refractivity contribution is 0.118. The van der Waals surface area contributed by atoms with Crippen molar-refractivity contribution in [1.29, 1.82) is 0 Å². The highest BCUT2D eigenvalue weighted by atomic mass is 16.3. The van der Waals surface area contributed by atoms with E-state index in [2.05, 4.69) is 53.7 Å². The van der Waals surface area contributed by atoms with E-state index in [9.17, 15) is 5.11 Å². The molecule has 1 fully saturated rings. The van der Waals surface area contributed by atoms with Gasteiger partial charge < -0.3 is 10.4 Å². The van der Waals surface area contributed by atoms with E-state index < -0.39 is 0 Å². The third kappa shape index (κ3) is 2.78. The normalized spacial score (nSPS) is 28.7. The summed E-state index contributed by atoms with van der Waals surface area (Å²) in [4.78, 5) is 0. The Hall–Kier alpha value is -1.72. The van der Waals surface area contributed by atoms with Gasteiger partial charge in [0.05, 0.1) is 18.3 Å². The van der Waals surface area contributed by atoms with Gasteiger partial charge in [-0.15, -0.1) is 5.10 Å². The maximum Gasteiger partial charge on any atom is 0.0996 e. The van der Waals surface area contributed by atoms with Crippen LogP contribution in [0.2, 0.25) is 0 Å². The molecule has 22 heavy (non-hydrogen) atoms. The van der Waals surface area contributed by atoms with Crippen molar-refractivity contribution in [2.45, 2.75) is 44.2 Å². The fourth-order valence-electron chi connectivity index (χ4n) is 3.60. The van der Waals surface area contributed by atoms with Crippen LogP contribution in [0.5, 0.6) is 0 Å². The number of aromatic nitrogens is 3. The number of aliphatic hydroxyl groups is 1. The van der Waals surface area contributed by atoms with Crippen molar-refractivity contribution in [2.24, 2.45) is 7.05 Å². The Bertz CT molecular complexity index is 636.